The minimum atomic E-state index is -0.532. The van der Waals surface area contributed by atoms with Crippen molar-refractivity contribution in [2.75, 3.05) is 5.32 Å². The molecule has 1 aromatic rings. The van der Waals surface area contributed by atoms with Crippen LogP contribution >= 0.6 is 0 Å². The van der Waals surface area contributed by atoms with Crippen LogP contribution in [-0.4, -0.2) is 33.3 Å². The van der Waals surface area contributed by atoms with E-state index in [0.717, 1.165) is 32.1 Å². The summed E-state index contributed by atoms with van der Waals surface area (Å²) < 4.78 is 0. The highest BCUT2D eigenvalue weighted by Crippen LogP contribution is 2.50. The Morgan fingerprint density at radius 3 is 2.97 bits per heavy atom. The molecular weight excluding hydrogens is 400 g/mol. The zero-order valence-corrected chi connectivity index (χ0v) is 19.2. The summed E-state index contributed by atoms with van der Waals surface area (Å²) in [5, 5.41) is 23.7. The van der Waals surface area contributed by atoms with Crippen molar-refractivity contribution in [3.63, 3.8) is 0 Å². The van der Waals surface area contributed by atoms with E-state index in [4.69, 9.17) is 0 Å². The Labute approximate surface area is 192 Å². The Morgan fingerprint density at radius 2 is 2.22 bits per heavy atom. The number of hydrogen-bond donors (Lipinski definition) is 3. The minimum absolute atomic E-state index is 0.00332. The summed E-state index contributed by atoms with van der Waals surface area (Å²) in [6, 6.07) is 5.46. The Balaban J connectivity index is 1.44. The number of allylic oxidation sites excluding steroid dienone is 2. The van der Waals surface area contributed by atoms with E-state index in [1.54, 1.807) is 12.3 Å². The second-order valence-corrected chi connectivity index (χ2v) is 9.21. The number of aromatic nitrogens is 1. The lowest BCUT2D eigenvalue weighted by Crippen LogP contribution is -2.19. The molecule has 0 saturated heterocycles. The fourth-order valence-electron chi connectivity index (χ4n) is 4.97. The molecule has 0 spiro atoms. The molecule has 32 heavy (non-hydrogen) atoms. The highest BCUT2D eigenvalue weighted by atomic mass is 16.3. The molecule has 6 atom stereocenters. The first-order valence-electron chi connectivity index (χ1n) is 11.8. The molecule has 1 heterocycles. The van der Waals surface area contributed by atoms with E-state index in [9.17, 15) is 15.0 Å². The van der Waals surface area contributed by atoms with Crippen molar-refractivity contribution in [1.29, 1.82) is 0 Å². The molecule has 5 nitrogen and oxygen atoms in total. The van der Waals surface area contributed by atoms with Crippen molar-refractivity contribution in [2.45, 2.75) is 71.0 Å². The molecule has 0 radical (unpaired) electrons. The SMILES string of the molecule is CC#CC[C@@H](C)[C@H](O)/C=C/[C@@H]1[C@H]2C/C(=C/CCCC(=O)Nc3ccccn3)C[C@H]2C[C@H]1O. The maximum atomic E-state index is 12.0. The van der Waals surface area contributed by atoms with Crippen molar-refractivity contribution in [3.05, 3.63) is 48.2 Å². The molecule has 3 rings (SSSR count). The van der Waals surface area contributed by atoms with Crippen LogP contribution in [0.1, 0.15) is 58.8 Å². The predicted molar refractivity (Wildman–Crippen MR) is 128 cm³/mol. The van der Waals surface area contributed by atoms with E-state index in [1.807, 2.05) is 38.1 Å². The molecule has 2 fully saturated rings. The number of amides is 1. The Kier molecular flexibility index (Phi) is 9.08. The van der Waals surface area contributed by atoms with E-state index in [0.29, 0.717) is 30.5 Å². The molecule has 1 amide bonds. The number of nitrogens with zero attached hydrogens (tertiary/aromatic N) is 1. The molecule has 3 N–H and O–H groups in total. The molecule has 2 aliphatic carbocycles. The maximum absolute atomic E-state index is 12.0. The fourth-order valence-corrected chi connectivity index (χ4v) is 4.97. The first-order valence-corrected chi connectivity index (χ1v) is 11.8. The first kappa shape index (κ1) is 24.2. The van der Waals surface area contributed by atoms with Gasteiger partial charge in [0, 0.05) is 25.0 Å². The van der Waals surface area contributed by atoms with Crippen molar-refractivity contribution in [1.82, 2.24) is 4.98 Å². The number of aliphatic hydroxyl groups is 2. The van der Waals surface area contributed by atoms with Gasteiger partial charge >= 0.3 is 0 Å². The topological polar surface area (TPSA) is 82.5 Å². The molecule has 2 saturated carbocycles. The summed E-state index contributed by atoms with van der Waals surface area (Å²) in [5.41, 5.74) is 1.45. The van der Waals surface area contributed by atoms with Crippen LogP contribution in [0.15, 0.2) is 48.2 Å². The van der Waals surface area contributed by atoms with Crippen molar-refractivity contribution >= 4 is 11.7 Å². The molecule has 0 unspecified atom stereocenters. The van der Waals surface area contributed by atoms with Gasteiger partial charge in [-0.1, -0.05) is 36.8 Å². The van der Waals surface area contributed by atoms with E-state index >= 15 is 0 Å². The van der Waals surface area contributed by atoms with E-state index in [2.05, 4.69) is 28.2 Å². The zero-order valence-electron chi connectivity index (χ0n) is 19.2. The highest BCUT2D eigenvalue weighted by molar-refractivity contribution is 5.89. The van der Waals surface area contributed by atoms with Gasteiger partial charge in [-0.2, -0.15) is 0 Å². The molecule has 0 aromatic carbocycles. The van der Waals surface area contributed by atoms with Gasteiger partial charge in [-0.15, -0.1) is 11.8 Å². The van der Waals surface area contributed by atoms with Gasteiger partial charge in [0.1, 0.15) is 5.82 Å². The van der Waals surface area contributed by atoms with Gasteiger partial charge in [-0.05, 0) is 68.9 Å². The van der Waals surface area contributed by atoms with Crippen molar-refractivity contribution in [2.24, 2.45) is 23.7 Å². The summed E-state index contributed by atoms with van der Waals surface area (Å²) in [5.74, 6) is 7.63. The van der Waals surface area contributed by atoms with E-state index in [-0.39, 0.29) is 23.8 Å². The summed E-state index contributed by atoms with van der Waals surface area (Å²) >= 11 is 0. The van der Waals surface area contributed by atoms with Gasteiger partial charge in [0.25, 0.3) is 0 Å². The van der Waals surface area contributed by atoms with Gasteiger partial charge in [-0.3, -0.25) is 4.79 Å². The molecule has 5 heteroatoms. The van der Waals surface area contributed by atoms with Gasteiger partial charge in [0.2, 0.25) is 5.91 Å². The summed E-state index contributed by atoms with van der Waals surface area (Å²) in [6.45, 7) is 3.81. The van der Waals surface area contributed by atoms with Crippen molar-refractivity contribution in [3.8, 4) is 11.8 Å². The summed E-state index contributed by atoms with van der Waals surface area (Å²) in [6.07, 6.45) is 12.7. The van der Waals surface area contributed by atoms with Crippen LogP contribution in [0.3, 0.4) is 0 Å². The average molecular weight is 437 g/mol. The highest BCUT2D eigenvalue weighted by Gasteiger charge is 2.44. The molecule has 0 aliphatic heterocycles. The normalized spacial score (nSPS) is 27.7. The Bertz CT molecular complexity index is 868. The first-order chi connectivity index (χ1) is 15.5. The average Bonchev–Trinajstić information content (AvgIpc) is 3.30. The molecule has 172 valence electrons. The second kappa shape index (κ2) is 12.0. The van der Waals surface area contributed by atoms with Gasteiger partial charge in [-0.25, -0.2) is 4.98 Å². The van der Waals surface area contributed by atoms with Crippen LogP contribution < -0.4 is 5.32 Å². The van der Waals surface area contributed by atoms with Crippen LogP contribution in [-0.2, 0) is 4.79 Å². The van der Waals surface area contributed by atoms with E-state index in [1.165, 1.54) is 5.57 Å². The minimum Gasteiger partial charge on any atom is -0.392 e. The number of rotatable bonds is 9. The third-order valence-corrected chi connectivity index (χ3v) is 6.80. The second-order valence-electron chi connectivity index (χ2n) is 9.21. The van der Waals surface area contributed by atoms with Crippen LogP contribution in [0.25, 0.3) is 0 Å². The molecular formula is C27H36N2O3. The lowest BCUT2D eigenvalue weighted by molar-refractivity contribution is -0.116. The third kappa shape index (κ3) is 6.79. The number of carbonyl (C=O) groups is 1. The monoisotopic (exact) mass is 436 g/mol. The predicted octanol–water partition coefficient (Wildman–Crippen LogP) is 4.49. The zero-order chi connectivity index (χ0) is 22.9. The van der Waals surface area contributed by atoms with Crippen LogP contribution in [0, 0.1) is 35.5 Å². The standard InChI is InChI=1S/C27H36N2O3/c1-3-4-9-19(2)24(30)14-13-22-23-17-20(16-21(23)18-25(22)31)10-5-6-12-27(32)29-26-11-7-8-15-28-26/h7-8,10-11,13-15,19,21-25,30-31H,5-6,9,12,16-18H2,1-2H3,(H,28,29,32)/b14-13+,20-10+/t19-,21+,22-,23+,24-,25-/m1/s1. The number of nitrogens with one attached hydrogen (secondary N) is 1. The summed E-state index contributed by atoms with van der Waals surface area (Å²) in [7, 11) is 0. The molecule has 1 aromatic heterocycles. The summed E-state index contributed by atoms with van der Waals surface area (Å²) in [4.78, 5) is 16.2. The number of fused-ring (bicyclic) bond motifs is 1. The Morgan fingerprint density at radius 1 is 1.38 bits per heavy atom. The Hall–Kier alpha value is -2.42. The number of anilines is 1. The number of carbonyl (C=O) groups excluding carboxylic acids is 1. The molecule has 2 aliphatic rings. The fraction of sp³-hybridized carbons (Fsp3) is 0.556. The molecule has 0 bridgehead atoms. The van der Waals surface area contributed by atoms with Gasteiger partial charge in [0.15, 0.2) is 0 Å². The van der Waals surface area contributed by atoms with Crippen molar-refractivity contribution < 1.29 is 15.0 Å². The smallest absolute Gasteiger partial charge is 0.225 e. The maximum Gasteiger partial charge on any atom is 0.225 e. The lowest BCUT2D eigenvalue weighted by Gasteiger charge is -2.19. The number of aliphatic hydroxyl groups excluding tert-OH is 2. The largest absolute Gasteiger partial charge is 0.392 e. The van der Waals surface area contributed by atoms with Crippen LogP contribution in [0.2, 0.25) is 0 Å². The quantitative estimate of drug-likeness (QED) is 0.303. The number of pyridine rings is 1. The lowest BCUT2D eigenvalue weighted by atomic mass is 9.89. The number of unbranched alkanes of at least 4 members (excludes halogenated alkanes) is 1. The van der Waals surface area contributed by atoms with Crippen LogP contribution in [0.4, 0.5) is 5.82 Å². The van der Waals surface area contributed by atoms with Crippen LogP contribution in [0.5, 0.6) is 0 Å². The van der Waals surface area contributed by atoms with E-state index < -0.39 is 6.10 Å². The van der Waals surface area contributed by atoms with Gasteiger partial charge in [0.05, 0.1) is 12.2 Å². The number of hydrogen-bond acceptors (Lipinski definition) is 4. The van der Waals surface area contributed by atoms with Gasteiger partial charge < -0.3 is 15.5 Å². The third-order valence-electron chi connectivity index (χ3n) is 6.80.